The minimum atomic E-state index is -2.67. The molecule has 11 heteroatoms. The molecule has 11 heavy (non-hydrogen) atoms. The summed E-state index contributed by atoms with van der Waals surface area (Å²) in [5, 5.41) is 26.1. The summed E-state index contributed by atoms with van der Waals surface area (Å²) < 4.78 is 0. The van der Waals surface area contributed by atoms with Gasteiger partial charge in [0.2, 0.25) is 0 Å². The van der Waals surface area contributed by atoms with E-state index in [1.54, 1.807) is 0 Å². The molecule has 0 aliphatic rings. The minimum absolute atomic E-state index is 0. The summed E-state index contributed by atoms with van der Waals surface area (Å²) in [7, 11) is -2.67. The number of rotatable bonds is 1. The second-order valence-electron chi connectivity index (χ2n) is 0.385. The maximum absolute atomic E-state index is 8.81. The van der Waals surface area contributed by atoms with E-state index in [0.29, 0.717) is 0 Å². The van der Waals surface area contributed by atoms with Crippen LogP contribution in [-0.4, -0.2) is 23.7 Å². The van der Waals surface area contributed by atoms with Crippen LogP contribution < -0.4 is 104 Å². The van der Waals surface area contributed by atoms with Crippen LogP contribution in [0, 0.1) is 0 Å². The Morgan fingerprint density at radius 3 is 0.909 bits per heavy atom. The molecule has 7 nitrogen and oxygen atoms in total. The first-order chi connectivity index (χ1) is 2.27. The standard InChI is InChI=1S/BHO4.3Na.3H2O/c2-1(3)5-4;;;;;;/h4H;;;;3*1H2/q-2;3*+1;;;/p-1. The second kappa shape index (κ2) is 38.6. The van der Waals surface area contributed by atoms with Crippen molar-refractivity contribution in [3.63, 3.8) is 0 Å². The van der Waals surface area contributed by atoms with Crippen molar-refractivity contribution in [1.29, 1.82) is 0 Å². The van der Waals surface area contributed by atoms with Crippen LogP contribution in [0.15, 0.2) is 0 Å². The SMILES string of the molecule is O.O.O.[Na+].[Na+].[Na+].[O-]OB([O-])[O-]. The van der Waals surface area contributed by atoms with Crippen molar-refractivity contribution in [2.75, 3.05) is 0 Å². The molecule has 0 aromatic heterocycles. The third kappa shape index (κ3) is 65.0. The Morgan fingerprint density at radius 1 is 0.818 bits per heavy atom. The summed E-state index contributed by atoms with van der Waals surface area (Å²) >= 11 is 0. The van der Waals surface area contributed by atoms with Gasteiger partial charge in [-0.05, 0) is 0 Å². The molecule has 0 aliphatic heterocycles. The molecule has 0 saturated carbocycles. The average Bonchev–Trinajstić information content (AvgIpc) is 1.38. The molecule has 54 valence electrons. The van der Waals surface area contributed by atoms with E-state index >= 15 is 0 Å². The molecule has 0 aromatic rings. The van der Waals surface area contributed by atoms with Gasteiger partial charge in [0.15, 0.2) is 0 Å². The monoisotopic (exact) mass is 198 g/mol. The third-order valence-corrected chi connectivity index (χ3v) is 0.0786. The molecule has 0 atom stereocenters. The van der Waals surface area contributed by atoms with Gasteiger partial charge in [-0.15, -0.1) is 0 Å². The van der Waals surface area contributed by atoms with Crippen molar-refractivity contribution in [2.24, 2.45) is 0 Å². The fourth-order valence-electron chi connectivity index (χ4n) is 0. The van der Waals surface area contributed by atoms with Crippen LogP contribution in [0.3, 0.4) is 0 Å². The third-order valence-electron chi connectivity index (χ3n) is 0.0786. The zero-order chi connectivity index (χ0) is 4.28. The number of hydrogen-bond donors (Lipinski definition) is 0. The van der Waals surface area contributed by atoms with Crippen LogP contribution >= 0.6 is 0 Å². The Balaban J connectivity index is -0.00000000533. The topological polar surface area (TPSA) is 173 Å². The molecule has 0 rings (SSSR count). The molecule has 0 amide bonds. The first kappa shape index (κ1) is 48.9. The molecule has 0 radical (unpaired) electrons. The number of hydrogen-bond acceptors (Lipinski definition) is 4. The zero-order valence-electron chi connectivity index (χ0n) is 6.71. The molecule has 0 aliphatic carbocycles. The van der Waals surface area contributed by atoms with Gasteiger partial charge in [0.25, 0.3) is 0 Å². The fourth-order valence-corrected chi connectivity index (χ4v) is 0. The summed E-state index contributed by atoms with van der Waals surface area (Å²) in [6, 6.07) is 0. The van der Waals surface area contributed by atoms with Gasteiger partial charge >= 0.3 is 88.7 Å². The maximum atomic E-state index is 8.81. The van der Waals surface area contributed by atoms with E-state index in [-0.39, 0.29) is 105 Å². The molecule has 0 bridgehead atoms. The maximum Gasteiger partial charge on any atom is 1.00 e. The van der Waals surface area contributed by atoms with E-state index < -0.39 is 7.32 Å². The van der Waals surface area contributed by atoms with Gasteiger partial charge in [-0.25, -0.2) is 0 Å². The van der Waals surface area contributed by atoms with E-state index in [0.717, 1.165) is 0 Å². The summed E-state index contributed by atoms with van der Waals surface area (Å²) in [5.74, 6) is 0. The van der Waals surface area contributed by atoms with E-state index in [4.69, 9.17) is 15.3 Å². The first-order valence-corrected chi connectivity index (χ1v) is 0.874. The Morgan fingerprint density at radius 2 is 0.909 bits per heavy atom. The van der Waals surface area contributed by atoms with E-state index in [2.05, 4.69) is 4.81 Å². The second-order valence-corrected chi connectivity index (χ2v) is 0.385. The van der Waals surface area contributed by atoms with Crippen molar-refractivity contribution in [1.82, 2.24) is 0 Å². The Hall–Kier alpha value is 2.78. The van der Waals surface area contributed by atoms with Gasteiger partial charge in [-0.1, -0.05) is 0 Å². The Bertz CT molecular complexity index is 27.6. The van der Waals surface area contributed by atoms with E-state index in [9.17, 15) is 0 Å². The van der Waals surface area contributed by atoms with Crippen molar-refractivity contribution in [3.8, 4) is 0 Å². The molecule has 0 aromatic carbocycles. The Kier molecular flexibility index (Phi) is 172. The van der Waals surface area contributed by atoms with Crippen molar-refractivity contribution >= 4 is 7.32 Å². The summed E-state index contributed by atoms with van der Waals surface area (Å²) in [6.07, 6.45) is 0. The van der Waals surface area contributed by atoms with Crippen LogP contribution in [0.25, 0.3) is 0 Å². The van der Waals surface area contributed by atoms with Crippen molar-refractivity contribution in [3.05, 3.63) is 0 Å². The van der Waals surface area contributed by atoms with Gasteiger partial charge in [0.1, 0.15) is 0 Å². The molecule has 0 spiro atoms. The molecule has 6 N–H and O–H groups in total. The van der Waals surface area contributed by atoms with E-state index in [1.807, 2.05) is 0 Å². The Labute approximate surface area is 130 Å². The molecule has 0 unspecified atom stereocenters. The van der Waals surface area contributed by atoms with Gasteiger partial charge in [0.05, 0.1) is 0 Å². The van der Waals surface area contributed by atoms with Crippen LogP contribution in [0.2, 0.25) is 0 Å². The van der Waals surface area contributed by atoms with Crippen LogP contribution in [-0.2, 0) is 4.81 Å². The fraction of sp³-hybridized carbons (Fsp3) is 0. The first-order valence-electron chi connectivity index (χ1n) is 0.874. The summed E-state index contributed by atoms with van der Waals surface area (Å²) in [6.45, 7) is 0. The summed E-state index contributed by atoms with van der Waals surface area (Å²) in [4.78, 5) is 2.39. The van der Waals surface area contributed by atoms with Gasteiger partial charge in [-0.2, -0.15) is 0 Å². The van der Waals surface area contributed by atoms with Crippen molar-refractivity contribution in [2.45, 2.75) is 0 Å². The average molecular weight is 198 g/mol. The summed E-state index contributed by atoms with van der Waals surface area (Å²) in [5.41, 5.74) is 0. The van der Waals surface area contributed by atoms with E-state index in [1.165, 1.54) is 0 Å². The van der Waals surface area contributed by atoms with Crippen LogP contribution in [0.1, 0.15) is 0 Å². The normalized spacial score (nSPS) is 3.55. The molecular formula is H6BNa3O7. The molecule has 0 fully saturated rings. The molecular weight excluding hydrogens is 192 g/mol. The van der Waals surface area contributed by atoms with Crippen LogP contribution in [0.5, 0.6) is 0 Å². The van der Waals surface area contributed by atoms with Gasteiger partial charge < -0.3 is 36.5 Å². The van der Waals surface area contributed by atoms with Crippen LogP contribution in [0.4, 0.5) is 0 Å². The smallest absolute Gasteiger partial charge is 0.871 e. The minimum Gasteiger partial charge on any atom is -0.871 e. The zero-order valence-corrected chi connectivity index (χ0v) is 12.7. The predicted molar refractivity (Wildman–Crippen MR) is 17.7 cm³/mol. The quantitative estimate of drug-likeness (QED) is 0.231. The van der Waals surface area contributed by atoms with Gasteiger partial charge in [-0.3, -0.25) is 0 Å². The van der Waals surface area contributed by atoms with Crippen molar-refractivity contribution < 1.29 is 125 Å². The molecule has 0 heterocycles. The predicted octanol–water partition coefficient (Wildman–Crippen LogP) is -15.5. The largest absolute Gasteiger partial charge is 1.00 e. The van der Waals surface area contributed by atoms with Gasteiger partial charge in [0, 0.05) is 7.32 Å². The molecule has 0 saturated heterocycles.